The van der Waals surface area contributed by atoms with Gasteiger partial charge in [0.05, 0.1) is 0 Å². The minimum absolute atomic E-state index is 0.102. The zero-order valence-electron chi connectivity index (χ0n) is 13.7. The molecule has 5 heteroatoms. The van der Waals surface area contributed by atoms with Gasteiger partial charge in [-0.15, -0.1) is 0 Å². The summed E-state index contributed by atoms with van der Waals surface area (Å²) >= 11 is 0. The molecule has 1 amide bonds. The Morgan fingerprint density at radius 3 is 2.62 bits per heavy atom. The first kappa shape index (κ1) is 15.3. The van der Waals surface area contributed by atoms with Gasteiger partial charge in [-0.1, -0.05) is 6.07 Å². The minimum atomic E-state index is -0.102. The van der Waals surface area contributed by atoms with Crippen molar-refractivity contribution in [3.05, 3.63) is 60.2 Å². The maximum Gasteiger partial charge on any atom is 0.221 e. The summed E-state index contributed by atoms with van der Waals surface area (Å²) in [4.78, 5) is 22.9. The highest BCUT2D eigenvalue weighted by Crippen LogP contribution is 2.43. The minimum Gasteiger partial charge on any atom is -0.350 e. The summed E-state index contributed by atoms with van der Waals surface area (Å²) in [6, 6.07) is 8.20. The summed E-state index contributed by atoms with van der Waals surface area (Å²) in [5.41, 5.74) is 2.37. The van der Waals surface area contributed by atoms with E-state index in [0.29, 0.717) is 6.42 Å². The van der Waals surface area contributed by atoms with Gasteiger partial charge in [0.15, 0.2) is 0 Å². The fourth-order valence-corrected chi connectivity index (χ4v) is 4.15. The number of pyridine rings is 2. The Hall–Kier alpha value is -2.27. The van der Waals surface area contributed by atoms with Crippen LogP contribution in [-0.4, -0.2) is 39.4 Å². The molecule has 2 saturated heterocycles. The number of amides is 1. The van der Waals surface area contributed by atoms with Crippen LogP contribution in [0.25, 0.3) is 0 Å². The zero-order valence-corrected chi connectivity index (χ0v) is 13.7. The average Bonchev–Trinajstić information content (AvgIpc) is 2.95. The van der Waals surface area contributed by atoms with E-state index in [0.717, 1.165) is 32.5 Å². The number of aromatic nitrogens is 2. The van der Waals surface area contributed by atoms with Crippen LogP contribution in [0, 0.1) is 0 Å². The van der Waals surface area contributed by atoms with E-state index in [1.165, 1.54) is 11.1 Å². The molecule has 2 fully saturated rings. The van der Waals surface area contributed by atoms with Crippen molar-refractivity contribution < 1.29 is 4.79 Å². The van der Waals surface area contributed by atoms with Gasteiger partial charge in [-0.25, -0.2) is 0 Å². The maximum absolute atomic E-state index is 12.1. The molecule has 24 heavy (non-hydrogen) atoms. The van der Waals surface area contributed by atoms with Crippen molar-refractivity contribution in [3.8, 4) is 0 Å². The fourth-order valence-electron chi connectivity index (χ4n) is 4.15. The van der Waals surface area contributed by atoms with Crippen LogP contribution < -0.4 is 5.32 Å². The summed E-state index contributed by atoms with van der Waals surface area (Å²) < 4.78 is 0. The molecule has 0 aliphatic carbocycles. The smallest absolute Gasteiger partial charge is 0.221 e. The molecule has 1 N–H and O–H groups in total. The highest BCUT2D eigenvalue weighted by Gasteiger charge is 2.48. The Balaban J connectivity index is 1.47. The molecule has 0 radical (unpaired) electrons. The maximum atomic E-state index is 12.1. The predicted octanol–water partition coefficient (Wildman–Crippen LogP) is 2.11. The summed E-state index contributed by atoms with van der Waals surface area (Å²) in [5, 5.41) is 3.30. The number of piperidine rings is 1. The van der Waals surface area contributed by atoms with Crippen molar-refractivity contribution in [2.24, 2.45) is 0 Å². The summed E-state index contributed by atoms with van der Waals surface area (Å²) in [7, 11) is 0. The number of rotatable bonds is 3. The second-order valence-corrected chi connectivity index (χ2v) is 6.88. The van der Waals surface area contributed by atoms with E-state index in [1.54, 1.807) is 6.20 Å². The number of carbonyl (C=O) groups excluding carboxylic acids is 1. The molecule has 124 valence electrons. The van der Waals surface area contributed by atoms with Crippen LogP contribution in [0.15, 0.2) is 49.1 Å². The quantitative estimate of drug-likeness (QED) is 0.940. The number of nitrogens with zero attached hydrogens (tertiary/aromatic N) is 3. The molecule has 0 unspecified atom stereocenters. The average molecular weight is 322 g/mol. The van der Waals surface area contributed by atoms with Gasteiger partial charge < -0.3 is 5.32 Å². The van der Waals surface area contributed by atoms with E-state index in [1.807, 2.05) is 24.7 Å². The van der Waals surface area contributed by atoms with Gasteiger partial charge >= 0.3 is 0 Å². The van der Waals surface area contributed by atoms with Crippen molar-refractivity contribution in [1.29, 1.82) is 0 Å². The van der Waals surface area contributed by atoms with Gasteiger partial charge in [-0.2, -0.15) is 0 Å². The van der Waals surface area contributed by atoms with Crippen molar-refractivity contribution in [3.63, 3.8) is 0 Å². The van der Waals surface area contributed by atoms with Crippen LogP contribution in [0.1, 0.15) is 36.3 Å². The summed E-state index contributed by atoms with van der Waals surface area (Å²) in [6.07, 6.45) is 9.95. The SMILES string of the molecule is O=C1C[C@H](c2cccnc2)C2(CCN(Cc3ccncc3)CC2)N1. The molecule has 0 bridgehead atoms. The van der Waals surface area contributed by atoms with Crippen LogP contribution in [0.2, 0.25) is 0 Å². The second kappa shape index (κ2) is 6.32. The Kier molecular flexibility index (Phi) is 4.02. The molecule has 1 spiro atoms. The molecule has 5 nitrogen and oxygen atoms in total. The van der Waals surface area contributed by atoms with E-state index in [-0.39, 0.29) is 17.4 Å². The Morgan fingerprint density at radius 1 is 1.12 bits per heavy atom. The highest BCUT2D eigenvalue weighted by atomic mass is 16.2. The molecule has 2 aliphatic heterocycles. The zero-order chi connectivity index (χ0) is 16.4. The largest absolute Gasteiger partial charge is 0.350 e. The van der Waals surface area contributed by atoms with Crippen LogP contribution in [-0.2, 0) is 11.3 Å². The number of carbonyl (C=O) groups is 1. The lowest BCUT2D eigenvalue weighted by molar-refractivity contribution is -0.120. The van der Waals surface area contributed by atoms with Crippen LogP contribution in [0.5, 0.6) is 0 Å². The van der Waals surface area contributed by atoms with Gasteiger partial charge in [0, 0.05) is 62.3 Å². The first-order chi connectivity index (χ1) is 11.8. The summed E-state index contributed by atoms with van der Waals surface area (Å²) in [6.45, 7) is 2.95. The first-order valence-corrected chi connectivity index (χ1v) is 8.57. The van der Waals surface area contributed by atoms with E-state index in [9.17, 15) is 4.79 Å². The first-order valence-electron chi connectivity index (χ1n) is 8.57. The van der Waals surface area contributed by atoms with Crippen molar-refractivity contribution in [2.75, 3.05) is 13.1 Å². The highest BCUT2D eigenvalue weighted by molar-refractivity contribution is 5.81. The number of nitrogens with one attached hydrogen (secondary N) is 1. The number of likely N-dealkylation sites (tertiary alicyclic amines) is 1. The topological polar surface area (TPSA) is 58.1 Å². The van der Waals surface area contributed by atoms with E-state index in [4.69, 9.17) is 0 Å². The standard InChI is InChI=1S/C19H22N4O/c24-18-12-17(16-2-1-7-21-13-16)19(22-18)5-10-23(11-6-19)14-15-3-8-20-9-4-15/h1-4,7-9,13,17H,5-6,10-12,14H2,(H,22,24)/t17-/m1/s1. The molecule has 2 aliphatic rings. The summed E-state index contributed by atoms with van der Waals surface area (Å²) in [5.74, 6) is 0.410. The molecule has 0 aromatic carbocycles. The Morgan fingerprint density at radius 2 is 1.92 bits per heavy atom. The van der Waals surface area contributed by atoms with E-state index in [2.05, 4.69) is 38.4 Å². The number of hydrogen-bond acceptors (Lipinski definition) is 4. The third-order valence-electron chi connectivity index (χ3n) is 5.44. The van der Waals surface area contributed by atoms with Crippen LogP contribution in [0.3, 0.4) is 0 Å². The lowest BCUT2D eigenvalue weighted by Crippen LogP contribution is -2.53. The van der Waals surface area contributed by atoms with Gasteiger partial charge in [0.2, 0.25) is 5.91 Å². The lowest BCUT2D eigenvalue weighted by Gasteiger charge is -2.43. The second-order valence-electron chi connectivity index (χ2n) is 6.88. The monoisotopic (exact) mass is 322 g/mol. The van der Waals surface area contributed by atoms with Crippen molar-refractivity contribution in [1.82, 2.24) is 20.2 Å². The lowest BCUT2D eigenvalue weighted by atomic mass is 9.74. The molecule has 2 aromatic rings. The molecule has 4 heterocycles. The molecule has 1 atom stereocenters. The molecular weight excluding hydrogens is 300 g/mol. The van der Waals surface area contributed by atoms with Crippen molar-refractivity contribution in [2.45, 2.75) is 37.3 Å². The third kappa shape index (κ3) is 2.91. The van der Waals surface area contributed by atoms with E-state index >= 15 is 0 Å². The van der Waals surface area contributed by atoms with Crippen LogP contribution in [0.4, 0.5) is 0 Å². The van der Waals surface area contributed by atoms with Gasteiger partial charge in [0.1, 0.15) is 0 Å². The Labute approximate surface area is 142 Å². The van der Waals surface area contributed by atoms with Gasteiger partial charge in [-0.05, 0) is 42.2 Å². The third-order valence-corrected chi connectivity index (χ3v) is 5.44. The normalized spacial score (nSPS) is 23.3. The van der Waals surface area contributed by atoms with Crippen molar-refractivity contribution >= 4 is 5.91 Å². The molecule has 4 rings (SSSR count). The van der Waals surface area contributed by atoms with Gasteiger partial charge in [-0.3, -0.25) is 19.7 Å². The van der Waals surface area contributed by atoms with Crippen LogP contribution >= 0.6 is 0 Å². The molecular formula is C19H22N4O. The van der Waals surface area contributed by atoms with E-state index < -0.39 is 0 Å². The fraction of sp³-hybridized carbons (Fsp3) is 0.421. The molecule has 2 aromatic heterocycles. The number of hydrogen-bond donors (Lipinski definition) is 1. The predicted molar refractivity (Wildman–Crippen MR) is 91.2 cm³/mol. The van der Waals surface area contributed by atoms with Gasteiger partial charge in [0.25, 0.3) is 0 Å². The Bertz CT molecular complexity index is 696. The molecule has 0 saturated carbocycles.